The van der Waals surface area contributed by atoms with Crippen LogP contribution < -0.4 is 5.32 Å². The molecular weight excluding hydrogens is 278 g/mol. The summed E-state index contributed by atoms with van der Waals surface area (Å²) < 4.78 is 0. The SMILES string of the molecule is CCNC(CC1CC2CCC1C2)c1cc(C)c(C)cc1Cl. The van der Waals surface area contributed by atoms with Crippen LogP contribution in [0.15, 0.2) is 12.1 Å². The van der Waals surface area contributed by atoms with Gasteiger partial charge in [0.15, 0.2) is 0 Å². The summed E-state index contributed by atoms with van der Waals surface area (Å²) in [4.78, 5) is 0. The summed E-state index contributed by atoms with van der Waals surface area (Å²) in [5.41, 5.74) is 3.95. The van der Waals surface area contributed by atoms with Gasteiger partial charge in [0.25, 0.3) is 0 Å². The summed E-state index contributed by atoms with van der Waals surface area (Å²) in [6, 6.07) is 4.86. The average molecular weight is 306 g/mol. The standard InChI is InChI=1S/C19H28ClN/c1-4-21-19(11-16-10-14-5-6-15(16)9-14)17-7-12(2)13(3)8-18(17)20/h7-8,14-16,19,21H,4-6,9-11H2,1-3H3. The van der Waals surface area contributed by atoms with Gasteiger partial charge in [-0.05, 0) is 86.6 Å². The third kappa shape index (κ3) is 3.14. The van der Waals surface area contributed by atoms with Crippen LogP contribution in [0, 0.1) is 31.6 Å². The van der Waals surface area contributed by atoms with Gasteiger partial charge in [0.05, 0.1) is 0 Å². The van der Waals surface area contributed by atoms with Gasteiger partial charge < -0.3 is 5.32 Å². The van der Waals surface area contributed by atoms with E-state index in [1.807, 2.05) is 0 Å². The van der Waals surface area contributed by atoms with E-state index in [9.17, 15) is 0 Å². The average Bonchev–Trinajstić information content (AvgIpc) is 3.05. The molecule has 21 heavy (non-hydrogen) atoms. The second-order valence-electron chi connectivity index (χ2n) is 7.24. The first-order chi connectivity index (χ1) is 10.1. The molecule has 2 heteroatoms. The highest BCUT2D eigenvalue weighted by atomic mass is 35.5. The molecule has 0 saturated heterocycles. The van der Waals surface area contributed by atoms with E-state index in [0.717, 1.165) is 29.3 Å². The first-order valence-electron chi connectivity index (χ1n) is 8.58. The van der Waals surface area contributed by atoms with Gasteiger partial charge in [-0.25, -0.2) is 0 Å². The Hall–Kier alpha value is -0.530. The van der Waals surface area contributed by atoms with E-state index >= 15 is 0 Å². The number of nitrogens with one attached hydrogen (secondary N) is 1. The molecule has 1 aromatic carbocycles. The monoisotopic (exact) mass is 305 g/mol. The first kappa shape index (κ1) is 15.4. The quantitative estimate of drug-likeness (QED) is 0.764. The van der Waals surface area contributed by atoms with Gasteiger partial charge in [0.1, 0.15) is 0 Å². The van der Waals surface area contributed by atoms with Crippen LogP contribution in [0.4, 0.5) is 0 Å². The molecule has 116 valence electrons. The Morgan fingerprint density at radius 3 is 2.57 bits per heavy atom. The molecule has 1 aromatic rings. The fourth-order valence-electron chi connectivity index (χ4n) is 4.60. The van der Waals surface area contributed by atoms with Gasteiger partial charge in [-0.15, -0.1) is 0 Å². The van der Waals surface area contributed by atoms with Crippen LogP contribution in [0.3, 0.4) is 0 Å². The van der Waals surface area contributed by atoms with E-state index in [0.29, 0.717) is 6.04 Å². The molecule has 4 atom stereocenters. The van der Waals surface area contributed by atoms with Crippen molar-refractivity contribution < 1.29 is 0 Å². The molecule has 0 radical (unpaired) electrons. The van der Waals surface area contributed by atoms with Gasteiger partial charge in [-0.2, -0.15) is 0 Å². The van der Waals surface area contributed by atoms with Gasteiger partial charge in [0, 0.05) is 11.1 Å². The smallest absolute Gasteiger partial charge is 0.0456 e. The van der Waals surface area contributed by atoms with Crippen molar-refractivity contribution in [2.45, 2.75) is 58.9 Å². The van der Waals surface area contributed by atoms with Crippen LogP contribution in [-0.4, -0.2) is 6.54 Å². The summed E-state index contributed by atoms with van der Waals surface area (Å²) in [6.07, 6.45) is 7.16. The second-order valence-corrected chi connectivity index (χ2v) is 7.65. The zero-order chi connectivity index (χ0) is 15.0. The number of benzene rings is 1. The highest BCUT2D eigenvalue weighted by Crippen LogP contribution is 2.51. The third-order valence-electron chi connectivity index (χ3n) is 5.86. The Morgan fingerprint density at radius 1 is 1.19 bits per heavy atom. The van der Waals surface area contributed by atoms with Crippen molar-refractivity contribution in [3.05, 3.63) is 33.8 Å². The zero-order valence-electron chi connectivity index (χ0n) is 13.6. The largest absolute Gasteiger partial charge is 0.310 e. The molecular formula is C19H28ClN. The Morgan fingerprint density at radius 2 is 1.95 bits per heavy atom. The number of fused-ring (bicyclic) bond motifs is 2. The van der Waals surface area contributed by atoms with Gasteiger partial charge in [-0.3, -0.25) is 0 Å². The molecule has 2 fully saturated rings. The zero-order valence-corrected chi connectivity index (χ0v) is 14.3. The predicted octanol–water partition coefficient (Wildman–Crippen LogP) is 5.43. The molecule has 0 heterocycles. The topological polar surface area (TPSA) is 12.0 Å². The van der Waals surface area contributed by atoms with E-state index in [2.05, 4.69) is 38.2 Å². The Bertz CT molecular complexity index is 511. The summed E-state index contributed by atoms with van der Waals surface area (Å²) in [5.74, 6) is 2.92. The molecule has 0 amide bonds. The van der Waals surface area contributed by atoms with Crippen molar-refractivity contribution >= 4 is 11.6 Å². The molecule has 0 spiro atoms. The molecule has 2 saturated carbocycles. The van der Waals surface area contributed by atoms with Crippen molar-refractivity contribution in [3.63, 3.8) is 0 Å². The van der Waals surface area contributed by atoms with Crippen LogP contribution in [0.1, 0.15) is 61.8 Å². The van der Waals surface area contributed by atoms with Gasteiger partial charge in [-0.1, -0.05) is 31.0 Å². The summed E-state index contributed by atoms with van der Waals surface area (Å²) in [6.45, 7) is 7.54. The first-order valence-corrected chi connectivity index (χ1v) is 8.96. The van der Waals surface area contributed by atoms with Crippen LogP contribution in [0.5, 0.6) is 0 Å². The minimum Gasteiger partial charge on any atom is -0.310 e. The predicted molar refractivity (Wildman–Crippen MR) is 90.9 cm³/mol. The lowest BCUT2D eigenvalue weighted by atomic mass is 9.82. The molecule has 2 aliphatic rings. The maximum Gasteiger partial charge on any atom is 0.0456 e. The van der Waals surface area contributed by atoms with Gasteiger partial charge >= 0.3 is 0 Å². The molecule has 3 rings (SSSR count). The normalized spacial score (nSPS) is 29.0. The molecule has 0 aliphatic heterocycles. The Kier molecular flexibility index (Phi) is 4.61. The number of hydrogen-bond donors (Lipinski definition) is 1. The van der Waals surface area contributed by atoms with Crippen molar-refractivity contribution in [2.24, 2.45) is 17.8 Å². The van der Waals surface area contributed by atoms with E-state index in [1.165, 1.54) is 48.8 Å². The van der Waals surface area contributed by atoms with Crippen molar-refractivity contribution in [1.82, 2.24) is 5.32 Å². The Labute approximate surface area is 134 Å². The molecule has 2 bridgehead atoms. The highest BCUT2D eigenvalue weighted by Gasteiger charge is 2.40. The summed E-state index contributed by atoms with van der Waals surface area (Å²) in [5, 5.41) is 4.63. The van der Waals surface area contributed by atoms with E-state index in [4.69, 9.17) is 11.6 Å². The molecule has 2 aliphatic carbocycles. The molecule has 1 nitrogen and oxygen atoms in total. The number of rotatable bonds is 5. The number of halogens is 1. The minimum absolute atomic E-state index is 0.422. The fourth-order valence-corrected chi connectivity index (χ4v) is 4.95. The van der Waals surface area contributed by atoms with Crippen molar-refractivity contribution in [1.29, 1.82) is 0 Å². The lowest BCUT2D eigenvalue weighted by molar-refractivity contribution is 0.280. The molecule has 0 aromatic heterocycles. The van der Waals surface area contributed by atoms with Crippen LogP contribution >= 0.6 is 11.6 Å². The third-order valence-corrected chi connectivity index (χ3v) is 6.19. The van der Waals surface area contributed by atoms with E-state index in [1.54, 1.807) is 0 Å². The van der Waals surface area contributed by atoms with E-state index in [-0.39, 0.29) is 0 Å². The maximum atomic E-state index is 6.56. The molecule has 4 unspecified atom stereocenters. The number of aryl methyl sites for hydroxylation is 2. The van der Waals surface area contributed by atoms with Crippen LogP contribution in [0.2, 0.25) is 5.02 Å². The van der Waals surface area contributed by atoms with E-state index < -0.39 is 0 Å². The summed E-state index contributed by atoms with van der Waals surface area (Å²) >= 11 is 6.56. The fraction of sp³-hybridized carbons (Fsp3) is 0.684. The van der Waals surface area contributed by atoms with Crippen LogP contribution in [-0.2, 0) is 0 Å². The lowest BCUT2D eigenvalue weighted by Crippen LogP contribution is -2.26. The van der Waals surface area contributed by atoms with Crippen molar-refractivity contribution in [3.8, 4) is 0 Å². The number of hydrogen-bond acceptors (Lipinski definition) is 1. The second kappa shape index (κ2) is 6.30. The highest BCUT2D eigenvalue weighted by molar-refractivity contribution is 6.31. The summed E-state index contributed by atoms with van der Waals surface area (Å²) in [7, 11) is 0. The van der Waals surface area contributed by atoms with Gasteiger partial charge in [0.2, 0.25) is 0 Å². The maximum absolute atomic E-state index is 6.56. The minimum atomic E-state index is 0.422. The van der Waals surface area contributed by atoms with Crippen molar-refractivity contribution in [2.75, 3.05) is 6.54 Å². The van der Waals surface area contributed by atoms with Crippen LogP contribution in [0.25, 0.3) is 0 Å². The lowest BCUT2D eigenvalue weighted by Gasteiger charge is -2.28. The molecule has 1 N–H and O–H groups in total. The Balaban J connectivity index is 1.79.